The van der Waals surface area contributed by atoms with Gasteiger partial charge in [0.05, 0.1) is 5.69 Å². The number of halogens is 1. The summed E-state index contributed by atoms with van der Waals surface area (Å²) in [6, 6.07) is 14.7. The molecular weight excluding hydrogens is 348 g/mol. The van der Waals surface area contributed by atoms with Crippen molar-refractivity contribution < 1.29 is 4.79 Å². The summed E-state index contributed by atoms with van der Waals surface area (Å²) in [5, 5.41) is 10.7. The summed E-state index contributed by atoms with van der Waals surface area (Å²) in [6.45, 7) is 6.23. The fourth-order valence-electron chi connectivity index (χ4n) is 2.74. The van der Waals surface area contributed by atoms with Crippen LogP contribution in [0.3, 0.4) is 0 Å². The van der Waals surface area contributed by atoms with Crippen molar-refractivity contribution in [2.24, 2.45) is 0 Å². The molecule has 0 radical (unpaired) electrons. The average Bonchev–Trinajstić information content (AvgIpc) is 3.08. The van der Waals surface area contributed by atoms with Crippen molar-refractivity contribution in [3.05, 3.63) is 65.3 Å². The average molecular weight is 369 g/mol. The third-order valence-electron chi connectivity index (χ3n) is 4.03. The molecule has 0 atom stereocenters. The first-order valence-corrected chi connectivity index (χ1v) is 8.80. The van der Waals surface area contributed by atoms with E-state index in [1.165, 1.54) is 0 Å². The first-order chi connectivity index (χ1) is 12.4. The Bertz CT molecular complexity index is 916. The van der Waals surface area contributed by atoms with E-state index >= 15 is 0 Å². The zero-order chi connectivity index (χ0) is 18.7. The van der Waals surface area contributed by atoms with E-state index < -0.39 is 0 Å². The van der Waals surface area contributed by atoms with Crippen LogP contribution in [0.4, 0.5) is 16.2 Å². The fraction of sp³-hybridized carbons (Fsp3) is 0.200. The third kappa shape index (κ3) is 4.06. The molecule has 1 heterocycles. The van der Waals surface area contributed by atoms with E-state index in [0.717, 1.165) is 16.8 Å². The van der Waals surface area contributed by atoms with Crippen LogP contribution >= 0.6 is 11.6 Å². The number of aryl methyl sites for hydroxylation is 1. The largest absolute Gasteiger partial charge is 0.323 e. The molecule has 2 aromatic carbocycles. The number of benzene rings is 2. The minimum Gasteiger partial charge on any atom is -0.308 e. The maximum atomic E-state index is 12.3. The van der Waals surface area contributed by atoms with Crippen LogP contribution in [-0.2, 0) is 0 Å². The number of nitrogens with one attached hydrogen (secondary N) is 2. The highest BCUT2D eigenvalue weighted by molar-refractivity contribution is 6.30. The van der Waals surface area contributed by atoms with E-state index in [4.69, 9.17) is 11.6 Å². The number of aromatic nitrogens is 2. The first-order valence-electron chi connectivity index (χ1n) is 8.42. The van der Waals surface area contributed by atoms with E-state index in [2.05, 4.69) is 29.6 Å². The lowest BCUT2D eigenvalue weighted by Crippen LogP contribution is -2.19. The molecule has 0 fully saturated rings. The lowest BCUT2D eigenvalue weighted by molar-refractivity contribution is 0.262. The summed E-state index contributed by atoms with van der Waals surface area (Å²) in [5.41, 5.74) is 4.58. The number of hydrogen-bond donors (Lipinski definition) is 2. The maximum absolute atomic E-state index is 12.3. The van der Waals surface area contributed by atoms with Gasteiger partial charge in [0, 0.05) is 34.2 Å². The van der Waals surface area contributed by atoms with Gasteiger partial charge in [-0.25, -0.2) is 4.79 Å². The van der Waals surface area contributed by atoms with Gasteiger partial charge >= 0.3 is 6.03 Å². The molecule has 0 unspecified atom stereocenters. The van der Waals surface area contributed by atoms with Gasteiger partial charge in [-0.05, 0) is 68.8 Å². The van der Waals surface area contributed by atoms with Crippen molar-refractivity contribution >= 4 is 29.0 Å². The molecule has 2 N–H and O–H groups in total. The van der Waals surface area contributed by atoms with Gasteiger partial charge in [0.25, 0.3) is 0 Å². The molecule has 1 aromatic heterocycles. The van der Waals surface area contributed by atoms with E-state index in [-0.39, 0.29) is 12.1 Å². The zero-order valence-corrected chi connectivity index (χ0v) is 15.7. The summed E-state index contributed by atoms with van der Waals surface area (Å²) >= 11 is 5.86. The molecule has 3 rings (SSSR count). The van der Waals surface area contributed by atoms with Crippen LogP contribution in [0.15, 0.2) is 54.7 Å². The lowest BCUT2D eigenvalue weighted by Gasteiger charge is -2.15. The van der Waals surface area contributed by atoms with E-state index in [9.17, 15) is 4.79 Å². The normalized spacial score (nSPS) is 10.8. The summed E-state index contributed by atoms with van der Waals surface area (Å²) in [4.78, 5) is 12.3. The zero-order valence-electron chi connectivity index (χ0n) is 15.0. The number of rotatable bonds is 4. The Hall–Kier alpha value is -2.79. The third-order valence-corrected chi connectivity index (χ3v) is 4.28. The van der Waals surface area contributed by atoms with Gasteiger partial charge < -0.3 is 10.6 Å². The molecule has 5 nitrogen and oxygen atoms in total. The van der Waals surface area contributed by atoms with E-state index in [1.807, 2.05) is 35.9 Å². The second-order valence-electron chi connectivity index (χ2n) is 6.37. The highest BCUT2D eigenvalue weighted by atomic mass is 35.5. The Kier molecular flexibility index (Phi) is 5.28. The molecule has 134 valence electrons. The van der Waals surface area contributed by atoms with Crippen molar-refractivity contribution in [1.82, 2.24) is 9.78 Å². The molecule has 0 aliphatic carbocycles. The van der Waals surface area contributed by atoms with Gasteiger partial charge in [-0.3, -0.25) is 4.68 Å². The molecule has 0 spiro atoms. The summed E-state index contributed by atoms with van der Waals surface area (Å²) in [6.07, 6.45) is 1.79. The second-order valence-corrected chi connectivity index (χ2v) is 6.81. The molecule has 0 aliphatic heterocycles. The smallest absolute Gasteiger partial charge is 0.308 e. The fourth-order valence-corrected chi connectivity index (χ4v) is 2.87. The van der Waals surface area contributed by atoms with Crippen LogP contribution in [-0.4, -0.2) is 15.8 Å². The van der Waals surface area contributed by atoms with Gasteiger partial charge in [0.15, 0.2) is 0 Å². The van der Waals surface area contributed by atoms with Crippen molar-refractivity contribution in [3.63, 3.8) is 0 Å². The molecular formula is C20H21ClN4O. The van der Waals surface area contributed by atoms with Crippen molar-refractivity contribution in [2.45, 2.75) is 26.8 Å². The minimum absolute atomic E-state index is 0.254. The van der Waals surface area contributed by atoms with Crippen LogP contribution < -0.4 is 10.6 Å². The van der Waals surface area contributed by atoms with Crippen molar-refractivity contribution in [3.8, 4) is 11.3 Å². The number of hydrogen-bond acceptors (Lipinski definition) is 2. The predicted octanol–water partition coefficient (Wildman–Crippen LogP) is 5.74. The monoisotopic (exact) mass is 368 g/mol. The summed E-state index contributed by atoms with van der Waals surface area (Å²) in [5.74, 6) is 0. The van der Waals surface area contributed by atoms with Crippen molar-refractivity contribution in [1.29, 1.82) is 0 Å². The highest BCUT2D eigenvalue weighted by Crippen LogP contribution is 2.28. The van der Waals surface area contributed by atoms with Gasteiger partial charge in [-0.2, -0.15) is 5.10 Å². The highest BCUT2D eigenvalue weighted by Gasteiger charge is 2.12. The molecule has 26 heavy (non-hydrogen) atoms. The number of carbonyl (C=O) groups is 1. The van der Waals surface area contributed by atoms with Crippen LogP contribution in [0.5, 0.6) is 0 Å². The summed E-state index contributed by atoms with van der Waals surface area (Å²) < 4.78 is 1.97. The number of amides is 2. The molecule has 2 amide bonds. The van der Waals surface area contributed by atoms with Gasteiger partial charge in [-0.15, -0.1) is 0 Å². The molecule has 6 heteroatoms. The van der Waals surface area contributed by atoms with Crippen molar-refractivity contribution in [2.75, 3.05) is 10.6 Å². The number of anilines is 2. The second kappa shape index (κ2) is 7.62. The standard InChI is InChI=1S/C20H21ClN4O/c1-13(2)25-19(10-11-22-25)18-12-17(7-4-14(18)3)24-20(26)23-16-8-5-15(21)6-9-16/h4-13H,1-3H3,(H2,23,24,26). The first kappa shape index (κ1) is 18.0. The Morgan fingerprint density at radius 2 is 1.69 bits per heavy atom. The minimum atomic E-state index is -0.306. The Morgan fingerprint density at radius 1 is 1.04 bits per heavy atom. The topological polar surface area (TPSA) is 59.0 Å². The van der Waals surface area contributed by atoms with E-state index in [0.29, 0.717) is 16.4 Å². The maximum Gasteiger partial charge on any atom is 0.323 e. The van der Waals surface area contributed by atoms with Crippen LogP contribution in [0.2, 0.25) is 5.02 Å². The number of urea groups is 1. The SMILES string of the molecule is Cc1ccc(NC(=O)Nc2ccc(Cl)cc2)cc1-c1ccnn1C(C)C. The molecule has 0 saturated heterocycles. The van der Waals surface area contributed by atoms with Gasteiger partial charge in [0.2, 0.25) is 0 Å². The van der Waals surface area contributed by atoms with Gasteiger partial charge in [-0.1, -0.05) is 17.7 Å². The lowest BCUT2D eigenvalue weighted by atomic mass is 10.0. The summed E-state index contributed by atoms with van der Waals surface area (Å²) in [7, 11) is 0. The van der Waals surface area contributed by atoms with Crippen LogP contribution in [0.1, 0.15) is 25.5 Å². The molecule has 3 aromatic rings. The molecule has 0 bridgehead atoms. The molecule has 0 aliphatic rings. The van der Waals surface area contributed by atoms with Gasteiger partial charge in [0.1, 0.15) is 0 Å². The van der Waals surface area contributed by atoms with Crippen LogP contribution in [0, 0.1) is 6.92 Å². The number of nitrogens with zero attached hydrogens (tertiary/aromatic N) is 2. The Balaban J connectivity index is 1.80. The van der Waals surface area contributed by atoms with E-state index in [1.54, 1.807) is 30.5 Å². The number of carbonyl (C=O) groups excluding carboxylic acids is 1. The quantitative estimate of drug-likeness (QED) is 0.617. The van der Waals surface area contributed by atoms with Crippen LogP contribution in [0.25, 0.3) is 11.3 Å². The Morgan fingerprint density at radius 3 is 2.38 bits per heavy atom. The molecule has 0 saturated carbocycles. The predicted molar refractivity (Wildman–Crippen MR) is 107 cm³/mol. The Labute approximate surface area is 158 Å².